The lowest BCUT2D eigenvalue weighted by Gasteiger charge is -2.16. The first-order valence-electron chi connectivity index (χ1n) is 8.22. The number of amides is 1. The molecule has 1 amide bonds. The molecule has 3 aromatic rings. The van der Waals surface area contributed by atoms with Gasteiger partial charge in [-0.15, -0.1) is 0 Å². The second-order valence-corrected chi connectivity index (χ2v) is 5.72. The maximum absolute atomic E-state index is 12.2. The number of aliphatic hydroxyl groups is 1. The van der Waals surface area contributed by atoms with Crippen LogP contribution in [0.25, 0.3) is 11.5 Å². The molecule has 6 nitrogen and oxygen atoms in total. The minimum absolute atomic E-state index is 0.114. The maximum atomic E-state index is 12.2. The van der Waals surface area contributed by atoms with Crippen molar-refractivity contribution in [3.63, 3.8) is 0 Å². The van der Waals surface area contributed by atoms with Gasteiger partial charge in [0.25, 0.3) is 5.91 Å². The minimum atomic E-state index is -0.294. The molecule has 0 saturated carbocycles. The molecule has 3 rings (SSSR count). The Labute approximate surface area is 145 Å². The standard InChI is InChI=1S/C19H20N2O4/c22-11-9-15(14-5-2-1-3-6-14)8-10-20-19(23)16-13-18(25-21-16)17-7-4-12-24-17/h1-7,12-13,15,22H,8-11H2,(H,20,23). The summed E-state index contributed by atoms with van der Waals surface area (Å²) in [4.78, 5) is 12.2. The first-order chi connectivity index (χ1) is 12.3. The van der Waals surface area contributed by atoms with Crippen LogP contribution in [0.5, 0.6) is 0 Å². The topological polar surface area (TPSA) is 88.5 Å². The van der Waals surface area contributed by atoms with E-state index < -0.39 is 0 Å². The predicted molar refractivity (Wildman–Crippen MR) is 92.0 cm³/mol. The lowest BCUT2D eigenvalue weighted by molar-refractivity contribution is 0.0943. The summed E-state index contributed by atoms with van der Waals surface area (Å²) in [5.41, 5.74) is 1.37. The van der Waals surface area contributed by atoms with Crippen LogP contribution in [-0.2, 0) is 0 Å². The van der Waals surface area contributed by atoms with Gasteiger partial charge in [-0.25, -0.2) is 0 Å². The third-order valence-electron chi connectivity index (χ3n) is 4.03. The lowest BCUT2D eigenvalue weighted by Crippen LogP contribution is -2.26. The Bertz CT molecular complexity index is 781. The Morgan fingerprint density at radius 2 is 1.96 bits per heavy atom. The van der Waals surface area contributed by atoms with E-state index in [-0.39, 0.29) is 24.1 Å². The normalized spacial score (nSPS) is 12.0. The second-order valence-electron chi connectivity index (χ2n) is 5.72. The molecular formula is C19H20N2O4. The summed E-state index contributed by atoms with van der Waals surface area (Å²) in [6.45, 7) is 0.602. The van der Waals surface area contributed by atoms with Gasteiger partial charge in [0.05, 0.1) is 6.26 Å². The zero-order chi connectivity index (χ0) is 17.5. The number of aromatic nitrogens is 1. The maximum Gasteiger partial charge on any atom is 0.273 e. The van der Waals surface area contributed by atoms with E-state index in [9.17, 15) is 9.90 Å². The molecule has 0 spiro atoms. The highest BCUT2D eigenvalue weighted by atomic mass is 16.5. The molecule has 0 bridgehead atoms. The summed E-state index contributed by atoms with van der Waals surface area (Å²) in [6.07, 6.45) is 2.92. The molecule has 0 fully saturated rings. The SMILES string of the molecule is O=C(NCCC(CCO)c1ccccc1)c1cc(-c2ccco2)on1. The molecule has 2 heterocycles. The fraction of sp³-hybridized carbons (Fsp3) is 0.263. The Balaban J connectivity index is 1.55. The molecule has 130 valence electrons. The molecule has 1 unspecified atom stereocenters. The number of hydrogen-bond acceptors (Lipinski definition) is 5. The third-order valence-corrected chi connectivity index (χ3v) is 4.03. The third kappa shape index (κ3) is 4.36. The van der Waals surface area contributed by atoms with Crippen molar-refractivity contribution in [1.29, 1.82) is 0 Å². The number of nitrogens with zero attached hydrogens (tertiary/aromatic N) is 1. The summed E-state index contributed by atoms with van der Waals surface area (Å²) in [5, 5.41) is 15.9. The summed E-state index contributed by atoms with van der Waals surface area (Å²) in [6, 6.07) is 15.0. The van der Waals surface area contributed by atoms with Crippen molar-refractivity contribution >= 4 is 5.91 Å². The van der Waals surface area contributed by atoms with Crippen LogP contribution < -0.4 is 5.32 Å². The quantitative estimate of drug-likeness (QED) is 0.657. The Hall–Kier alpha value is -2.86. The molecule has 25 heavy (non-hydrogen) atoms. The lowest BCUT2D eigenvalue weighted by atomic mass is 9.93. The van der Waals surface area contributed by atoms with Gasteiger partial charge in [-0.3, -0.25) is 4.79 Å². The molecule has 1 aromatic carbocycles. The van der Waals surface area contributed by atoms with Crippen LogP contribution in [0.1, 0.15) is 34.8 Å². The van der Waals surface area contributed by atoms with Crippen LogP contribution in [-0.4, -0.2) is 29.3 Å². The molecule has 6 heteroatoms. The molecule has 2 aromatic heterocycles. The number of furan rings is 1. The minimum Gasteiger partial charge on any atom is -0.461 e. The van der Waals surface area contributed by atoms with Gasteiger partial charge in [0.15, 0.2) is 11.5 Å². The molecular weight excluding hydrogens is 320 g/mol. The van der Waals surface area contributed by atoms with Crippen molar-refractivity contribution in [3.8, 4) is 11.5 Å². The van der Waals surface area contributed by atoms with Crippen molar-refractivity contribution in [2.45, 2.75) is 18.8 Å². The van der Waals surface area contributed by atoms with Gasteiger partial charge >= 0.3 is 0 Å². The van der Waals surface area contributed by atoms with Gasteiger partial charge in [0.1, 0.15) is 0 Å². The average Bonchev–Trinajstić information content (AvgIpc) is 3.33. The second kappa shape index (κ2) is 8.30. The van der Waals surface area contributed by atoms with Gasteiger partial charge < -0.3 is 19.4 Å². The van der Waals surface area contributed by atoms with Gasteiger partial charge in [0, 0.05) is 19.2 Å². The monoisotopic (exact) mass is 340 g/mol. The smallest absolute Gasteiger partial charge is 0.273 e. The highest BCUT2D eigenvalue weighted by Crippen LogP contribution is 2.23. The van der Waals surface area contributed by atoms with Crippen LogP contribution in [0.2, 0.25) is 0 Å². The average molecular weight is 340 g/mol. The Morgan fingerprint density at radius 3 is 2.68 bits per heavy atom. The molecule has 0 saturated heterocycles. The number of carbonyl (C=O) groups is 1. The first kappa shape index (κ1) is 17.0. The van der Waals surface area contributed by atoms with E-state index in [4.69, 9.17) is 8.94 Å². The van der Waals surface area contributed by atoms with Gasteiger partial charge in [-0.1, -0.05) is 35.5 Å². The Morgan fingerprint density at radius 1 is 1.12 bits per heavy atom. The summed E-state index contributed by atoms with van der Waals surface area (Å²) in [7, 11) is 0. The van der Waals surface area contributed by atoms with E-state index in [1.165, 1.54) is 6.26 Å². The van der Waals surface area contributed by atoms with Gasteiger partial charge in [-0.05, 0) is 36.5 Å². The first-order valence-corrected chi connectivity index (χ1v) is 8.22. The number of nitrogens with one attached hydrogen (secondary N) is 1. The molecule has 0 radical (unpaired) electrons. The molecule has 2 N–H and O–H groups in total. The molecule has 0 aliphatic carbocycles. The van der Waals surface area contributed by atoms with E-state index >= 15 is 0 Å². The van der Waals surface area contributed by atoms with Crippen LogP contribution in [0.15, 0.2) is 63.7 Å². The van der Waals surface area contributed by atoms with Crippen molar-refractivity contribution < 1.29 is 18.8 Å². The highest BCUT2D eigenvalue weighted by Gasteiger charge is 2.16. The highest BCUT2D eigenvalue weighted by molar-refractivity contribution is 5.92. The molecule has 0 aliphatic rings. The van der Waals surface area contributed by atoms with Crippen molar-refractivity contribution in [2.24, 2.45) is 0 Å². The van der Waals surface area contributed by atoms with E-state index in [0.29, 0.717) is 24.5 Å². The number of carbonyl (C=O) groups excluding carboxylic acids is 1. The van der Waals surface area contributed by atoms with E-state index in [1.807, 2.05) is 30.3 Å². The predicted octanol–water partition coefficient (Wildman–Crippen LogP) is 3.22. The fourth-order valence-corrected chi connectivity index (χ4v) is 2.73. The van der Waals surface area contributed by atoms with Crippen molar-refractivity contribution in [1.82, 2.24) is 10.5 Å². The zero-order valence-electron chi connectivity index (χ0n) is 13.7. The van der Waals surface area contributed by atoms with Crippen LogP contribution in [0, 0.1) is 0 Å². The molecule has 1 atom stereocenters. The van der Waals surface area contributed by atoms with Crippen LogP contribution in [0.4, 0.5) is 0 Å². The number of rotatable bonds is 8. The zero-order valence-corrected chi connectivity index (χ0v) is 13.7. The van der Waals surface area contributed by atoms with Crippen LogP contribution >= 0.6 is 0 Å². The number of aliphatic hydroxyl groups excluding tert-OH is 1. The molecule has 0 aliphatic heterocycles. The summed E-state index contributed by atoms with van der Waals surface area (Å²) in [5.74, 6) is 0.844. The summed E-state index contributed by atoms with van der Waals surface area (Å²) < 4.78 is 10.3. The van der Waals surface area contributed by atoms with E-state index in [0.717, 1.165) is 12.0 Å². The van der Waals surface area contributed by atoms with E-state index in [2.05, 4.69) is 10.5 Å². The van der Waals surface area contributed by atoms with E-state index in [1.54, 1.807) is 18.2 Å². The van der Waals surface area contributed by atoms with Crippen LogP contribution in [0.3, 0.4) is 0 Å². The fourth-order valence-electron chi connectivity index (χ4n) is 2.73. The largest absolute Gasteiger partial charge is 0.461 e. The van der Waals surface area contributed by atoms with Crippen molar-refractivity contribution in [2.75, 3.05) is 13.2 Å². The Kier molecular flexibility index (Phi) is 5.64. The number of benzene rings is 1. The van der Waals surface area contributed by atoms with Gasteiger partial charge in [0.2, 0.25) is 5.76 Å². The number of hydrogen-bond donors (Lipinski definition) is 2. The van der Waals surface area contributed by atoms with Crippen molar-refractivity contribution in [3.05, 3.63) is 66.1 Å². The summed E-state index contributed by atoms with van der Waals surface area (Å²) >= 11 is 0. The van der Waals surface area contributed by atoms with Gasteiger partial charge in [-0.2, -0.15) is 0 Å².